The Labute approximate surface area is 91.9 Å². The van der Waals surface area contributed by atoms with Crippen molar-refractivity contribution in [2.24, 2.45) is 0 Å². The molecule has 0 N–H and O–H groups in total. The molecule has 4 nitrogen and oxygen atoms in total. The molecule has 0 radical (unpaired) electrons. The number of halogens is 1. The largest absolute Gasteiger partial charge is 0.486 e. The van der Waals surface area contributed by atoms with Crippen molar-refractivity contribution in [2.75, 3.05) is 20.3 Å². The smallest absolute Gasteiger partial charge is 0.345 e. The molecule has 1 aromatic carbocycles. The van der Waals surface area contributed by atoms with Crippen molar-refractivity contribution in [2.45, 2.75) is 6.17 Å². The van der Waals surface area contributed by atoms with Crippen LogP contribution in [0.3, 0.4) is 0 Å². The van der Waals surface area contributed by atoms with Crippen molar-refractivity contribution in [1.29, 1.82) is 0 Å². The van der Waals surface area contributed by atoms with E-state index in [9.17, 15) is 9.18 Å². The summed E-state index contributed by atoms with van der Waals surface area (Å²) in [6.45, 7) is 0.897. The van der Waals surface area contributed by atoms with Gasteiger partial charge >= 0.3 is 5.97 Å². The number of hydrogen-bond donors (Lipinski definition) is 0. The van der Waals surface area contributed by atoms with Crippen molar-refractivity contribution >= 4 is 5.97 Å². The van der Waals surface area contributed by atoms with E-state index in [2.05, 4.69) is 4.74 Å². The van der Waals surface area contributed by atoms with Gasteiger partial charge in [0.25, 0.3) is 0 Å². The fourth-order valence-corrected chi connectivity index (χ4v) is 1.46. The second-order valence-corrected chi connectivity index (χ2v) is 3.29. The van der Waals surface area contributed by atoms with E-state index in [-0.39, 0.29) is 5.56 Å². The van der Waals surface area contributed by atoms with Gasteiger partial charge < -0.3 is 14.2 Å². The van der Waals surface area contributed by atoms with Gasteiger partial charge in [0.2, 0.25) is 6.17 Å². The van der Waals surface area contributed by atoms with Crippen molar-refractivity contribution in [3.63, 3.8) is 0 Å². The number of carbonyl (C=O) groups excluding carboxylic acids is 1. The summed E-state index contributed by atoms with van der Waals surface area (Å²) >= 11 is 0. The molecule has 1 heterocycles. The monoisotopic (exact) mass is 226 g/mol. The number of alkyl halides is 1. The number of carbonyl (C=O) groups is 1. The lowest BCUT2D eigenvalue weighted by Crippen LogP contribution is -2.16. The normalized spacial score (nSPS) is 15.4. The zero-order chi connectivity index (χ0) is 11.5. The SMILES string of the molecule is COC(=O)C(F)c1ccc2c(c1)OCCO2. The second kappa shape index (κ2) is 4.38. The van der Waals surface area contributed by atoms with Gasteiger partial charge in [-0.25, -0.2) is 9.18 Å². The molecule has 1 unspecified atom stereocenters. The van der Waals surface area contributed by atoms with Gasteiger partial charge in [-0.2, -0.15) is 0 Å². The molecule has 0 saturated heterocycles. The first kappa shape index (κ1) is 10.7. The van der Waals surface area contributed by atoms with E-state index < -0.39 is 12.1 Å². The molecule has 1 aliphatic heterocycles. The molecule has 2 rings (SSSR count). The summed E-state index contributed by atoms with van der Waals surface area (Å²) in [5.41, 5.74) is 0.205. The molecule has 1 aromatic rings. The number of fused-ring (bicyclic) bond motifs is 1. The number of esters is 1. The van der Waals surface area contributed by atoms with Gasteiger partial charge in [0, 0.05) is 5.56 Å². The molecule has 0 fully saturated rings. The summed E-state index contributed by atoms with van der Waals surface area (Å²) in [6, 6.07) is 4.52. The van der Waals surface area contributed by atoms with E-state index in [0.717, 1.165) is 7.11 Å². The van der Waals surface area contributed by atoms with E-state index in [1.54, 1.807) is 6.07 Å². The molecule has 1 atom stereocenters. The highest BCUT2D eigenvalue weighted by molar-refractivity contribution is 5.76. The molecule has 0 bridgehead atoms. The number of hydrogen-bond acceptors (Lipinski definition) is 4. The minimum absolute atomic E-state index is 0.205. The average Bonchev–Trinajstić information content (AvgIpc) is 2.36. The van der Waals surface area contributed by atoms with Crippen LogP contribution in [-0.2, 0) is 9.53 Å². The second-order valence-electron chi connectivity index (χ2n) is 3.29. The van der Waals surface area contributed by atoms with Crippen molar-refractivity contribution in [3.8, 4) is 11.5 Å². The van der Waals surface area contributed by atoms with Gasteiger partial charge in [-0.15, -0.1) is 0 Å². The zero-order valence-corrected chi connectivity index (χ0v) is 8.73. The van der Waals surface area contributed by atoms with Crippen LogP contribution in [0.2, 0.25) is 0 Å². The molecule has 86 valence electrons. The van der Waals surface area contributed by atoms with Crippen LogP contribution in [0.1, 0.15) is 11.7 Å². The van der Waals surface area contributed by atoms with Gasteiger partial charge in [-0.05, 0) is 12.1 Å². The zero-order valence-electron chi connectivity index (χ0n) is 8.73. The van der Waals surface area contributed by atoms with Crippen molar-refractivity contribution < 1.29 is 23.4 Å². The Kier molecular flexibility index (Phi) is 2.94. The molecule has 0 aliphatic carbocycles. The summed E-state index contributed by atoms with van der Waals surface area (Å²) in [4.78, 5) is 11.0. The summed E-state index contributed by atoms with van der Waals surface area (Å²) < 4.78 is 28.4. The Morgan fingerprint density at radius 1 is 1.38 bits per heavy atom. The summed E-state index contributed by atoms with van der Waals surface area (Å²) in [5.74, 6) is 0.0963. The van der Waals surface area contributed by atoms with Crippen LogP contribution < -0.4 is 9.47 Å². The third kappa shape index (κ3) is 1.93. The fraction of sp³-hybridized carbons (Fsp3) is 0.364. The third-order valence-corrected chi connectivity index (χ3v) is 2.27. The van der Waals surface area contributed by atoms with E-state index >= 15 is 0 Å². The van der Waals surface area contributed by atoms with Gasteiger partial charge in [0.1, 0.15) is 13.2 Å². The van der Waals surface area contributed by atoms with Crippen LogP contribution in [0.4, 0.5) is 4.39 Å². The lowest BCUT2D eigenvalue weighted by molar-refractivity contribution is -0.146. The Balaban J connectivity index is 2.26. The molecule has 1 aliphatic rings. The van der Waals surface area contributed by atoms with Crippen LogP contribution in [0.15, 0.2) is 18.2 Å². The van der Waals surface area contributed by atoms with Crippen LogP contribution in [0.5, 0.6) is 11.5 Å². The van der Waals surface area contributed by atoms with Crippen LogP contribution in [0.25, 0.3) is 0 Å². The van der Waals surface area contributed by atoms with Crippen molar-refractivity contribution in [1.82, 2.24) is 0 Å². The van der Waals surface area contributed by atoms with E-state index in [4.69, 9.17) is 9.47 Å². The Morgan fingerprint density at radius 3 is 2.75 bits per heavy atom. The molecule has 16 heavy (non-hydrogen) atoms. The third-order valence-electron chi connectivity index (χ3n) is 2.27. The van der Waals surface area contributed by atoms with E-state index in [1.807, 2.05) is 0 Å². The van der Waals surface area contributed by atoms with Crippen LogP contribution >= 0.6 is 0 Å². The Morgan fingerprint density at radius 2 is 2.06 bits per heavy atom. The van der Waals surface area contributed by atoms with Crippen LogP contribution in [-0.4, -0.2) is 26.3 Å². The molecule has 0 aromatic heterocycles. The number of ether oxygens (including phenoxy) is 3. The summed E-state index contributed by atoms with van der Waals surface area (Å²) in [6.07, 6.45) is -1.79. The highest BCUT2D eigenvalue weighted by Gasteiger charge is 2.22. The highest BCUT2D eigenvalue weighted by atomic mass is 19.1. The summed E-state index contributed by atoms with van der Waals surface area (Å²) in [7, 11) is 1.15. The lowest BCUT2D eigenvalue weighted by Gasteiger charge is -2.19. The topological polar surface area (TPSA) is 44.8 Å². The molecule has 0 amide bonds. The maximum atomic E-state index is 13.5. The molecule has 0 spiro atoms. The van der Waals surface area contributed by atoms with E-state index in [1.165, 1.54) is 12.1 Å². The van der Waals surface area contributed by atoms with Gasteiger partial charge in [-0.3, -0.25) is 0 Å². The Bertz CT molecular complexity index is 405. The maximum Gasteiger partial charge on any atom is 0.345 e. The Hall–Kier alpha value is -1.78. The van der Waals surface area contributed by atoms with Crippen molar-refractivity contribution in [3.05, 3.63) is 23.8 Å². The minimum atomic E-state index is -1.79. The number of benzene rings is 1. The maximum absolute atomic E-state index is 13.5. The first-order chi connectivity index (χ1) is 7.72. The quantitative estimate of drug-likeness (QED) is 0.719. The predicted octanol–water partition coefficient (Wildman–Crippen LogP) is 1.64. The first-order valence-electron chi connectivity index (χ1n) is 4.84. The van der Waals surface area contributed by atoms with E-state index in [0.29, 0.717) is 24.7 Å². The summed E-state index contributed by atoms with van der Waals surface area (Å²) in [5, 5.41) is 0. The van der Waals surface area contributed by atoms with Gasteiger partial charge in [-0.1, -0.05) is 6.07 Å². The molecule has 0 saturated carbocycles. The molecular weight excluding hydrogens is 215 g/mol. The minimum Gasteiger partial charge on any atom is -0.486 e. The standard InChI is InChI=1S/C11H11FO4/c1-14-11(13)10(12)7-2-3-8-9(6-7)16-5-4-15-8/h2-3,6,10H,4-5H2,1H3. The van der Waals surface area contributed by atoms with Gasteiger partial charge in [0.15, 0.2) is 11.5 Å². The fourth-order valence-electron chi connectivity index (χ4n) is 1.46. The van der Waals surface area contributed by atoms with Gasteiger partial charge in [0.05, 0.1) is 7.11 Å². The highest BCUT2D eigenvalue weighted by Crippen LogP contribution is 2.33. The predicted molar refractivity (Wildman–Crippen MR) is 53.3 cm³/mol. The average molecular weight is 226 g/mol. The number of rotatable bonds is 2. The number of methoxy groups -OCH3 is 1. The lowest BCUT2D eigenvalue weighted by atomic mass is 10.1. The first-order valence-corrected chi connectivity index (χ1v) is 4.84. The molecular formula is C11H11FO4. The molecule has 5 heteroatoms. The van der Waals surface area contributed by atoms with Crippen LogP contribution in [0, 0.1) is 0 Å².